The second kappa shape index (κ2) is 14.5. The van der Waals surface area contributed by atoms with Crippen molar-refractivity contribution in [2.45, 2.75) is 6.42 Å². The first-order valence-electron chi connectivity index (χ1n) is 19.2. The topological polar surface area (TPSA) is 29.3 Å². The van der Waals surface area contributed by atoms with E-state index in [0.717, 1.165) is 56.5 Å². The molecule has 0 fully saturated rings. The van der Waals surface area contributed by atoms with Gasteiger partial charge in [0.05, 0.1) is 5.69 Å². The quantitative estimate of drug-likeness (QED) is 0.157. The van der Waals surface area contributed by atoms with Gasteiger partial charge in [-0.2, -0.15) is 0 Å². The molecule has 0 aliphatic heterocycles. The Morgan fingerprint density at radius 1 is 0.464 bits per heavy atom. The van der Waals surface area contributed by atoms with E-state index in [-0.39, 0.29) is 5.92 Å². The summed E-state index contributed by atoms with van der Waals surface area (Å²) in [6.45, 7) is 0. The molecule has 56 heavy (non-hydrogen) atoms. The zero-order valence-corrected chi connectivity index (χ0v) is 30.8. The molecule has 1 aromatic heterocycles. The molecule has 10 rings (SSSR count). The van der Waals surface area contributed by atoms with Crippen LogP contribution in [0.2, 0.25) is 0 Å². The fourth-order valence-corrected chi connectivity index (χ4v) is 8.06. The number of allylic oxidation sites excluding steroid dienone is 4. The molecule has 0 amide bonds. The number of nitrogens with zero attached hydrogens (tertiary/aromatic N) is 2. The van der Waals surface area contributed by atoms with Crippen LogP contribution >= 0.6 is 0 Å². The Bertz CT molecular complexity index is 2830. The Morgan fingerprint density at radius 2 is 0.964 bits per heavy atom. The highest BCUT2D eigenvalue weighted by atomic mass is 16.3. The van der Waals surface area contributed by atoms with Crippen molar-refractivity contribution in [1.82, 2.24) is 4.98 Å². The Kier molecular flexibility index (Phi) is 8.66. The number of anilines is 3. The third-order valence-electron chi connectivity index (χ3n) is 10.9. The van der Waals surface area contributed by atoms with Gasteiger partial charge in [0.25, 0.3) is 0 Å². The van der Waals surface area contributed by atoms with Crippen LogP contribution in [0.25, 0.3) is 56.0 Å². The van der Waals surface area contributed by atoms with Gasteiger partial charge in [0.1, 0.15) is 5.35 Å². The smallest absolute Gasteiger partial charge is 0.227 e. The molecule has 1 unspecified atom stereocenters. The minimum absolute atomic E-state index is 0.271. The first-order valence-corrected chi connectivity index (χ1v) is 19.2. The summed E-state index contributed by atoms with van der Waals surface area (Å²) in [5.41, 5.74) is 15.8. The maximum atomic E-state index is 6.57. The van der Waals surface area contributed by atoms with Crippen LogP contribution in [0.5, 0.6) is 0 Å². The molecule has 2 aliphatic rings. The van der Waals surface area contributed by atoms with Gasteiger partial charge in [-0.3, -0.25) is 0 Å². The molecule has 0 bridgehead atoms. The summed E-state index contributed by atoms with van der Waals surface area (Å²) in [5, 5.41) is 0.948. The number of rotatable bonds is 8. The van der Waals surface area contributed by atoms with Gasteiger partial charge < -0.3 is 9.32 Å². The molecule has 8 aromatic rings. The summed E-state index contributed by atoms with van der Waals surface area (Å²) >= 11 is 0. The average Bonchev–Trinajstić information content (AvgIpc) is 3.74. The van der Waals surface area contributed by atoms with Crippen LogP contribution < -0.4 is 15.7 Å². The maximum Gasteiger partial charge on any atom is 0.227 e. The third kappa shape index (κ3) is 6.29. The van der Waals surface area contributed by atoms with E-state index < -0.39 is 0 Å². The lowest BCUT2D eigenvalue weighted by Gasteiger charge is -2.28. The molecule has 0 saturated carbocycles. The van der Waals surface area contributed by atoms with Gasteiger partial charge in [-0.1, -0.05) is 170 Å². The van der Waals surface area contributed by atoms with E-state index in [1.165, 1.54) is 33.4 Å². The number of fused-ring (bicyclic) bond motifs is 2. The highest BCUT2D eigenvalue weighted by Gasteiger charge is 2.25. The van der Waals surface area contributed by atoms with E-state index in [4.69, 9.17) is 9.40 Å². The van der Waals surface area contributed by atoms with Crippen molar-refractivity contribution < 1.29 is 4.42 Å². The summed E-state index contributed by atoms with van der Waals surface area (Å²) in [4.78, 5) is 7.40. The van der Waals surface area contributed by atoms with Gasteiger partial charge in [0, 0.05) is 34.0 Å². The lowest BCUT2D eigenvalue weighted by molar-refractivity contribution is 0.532. The second-order valence-corrected chi connectivity index (χ2v) is 14.3. The van der Waals surface area contributed by atoms with E-state index in [9.17, 15) is 0 Å². The summed E-state index contributed by atoms with van der Waals surface area (Å²) in [5.74, 6) is 0.932. The van der Waals surface area contributed by atoms with E-state index in [2.05, 4.69) is 199 Å². The summed E-state index contributed by atoms with van der Waals surface area (Å²) in [7, 11) is 0. The fourth-order valence-electron chi connectivity index (χ4n) is 8.06. The van der Waals surface area contributed by atoms with Gasteiger partial charge in [-0.15, -0.1) is 0 Å². The lowest BCUT2D eigenvalue weighted by atomic mass is 9.82. The van der Waals surface area contributed by atoms with Gasteiger partial charge in [-0.25, -0.2) is 4.98 Å². The van der Waals surface area contributed by atoms with Gasteiger partial charge in [0.15, 0.2) is 5.42 Å². The predicted octanol–water partition coefficient (Wildman–Crippen LogP) is 12.3. The highest BCUT2D eigenvalue weighted by molar-refractivity contribution is 5.89. The molecule has 2 aliphatic carbocycles. The van der Waals surface area contributed by atoms with Crippen molar-refractivity contribution in [3.8, 4) is 44.8 Å². The lowest BCUT2D eigenvalue weighted by Crippen LogP contribution is -2.34. The molecule has 1 heterocycles. The monoisotopic (exact) mass is 718 g/mol. The number of aromatic nitrogens is 1. The van der Waals surface area contributed by atoms with Crippen LogP contribution in [-0.2, 0) is 0 Å². The van der Waals surface area contributed by atoms with Crippen LogP contribution in [0.4, 0.5) is 17.1 Å². The molecule has 0 saturated heterocycles. The van der Waals surface area contributed by atoms with Crippen molar-refractivity contribution in [1.29, 1.82) is 0 Å². The van der Waals surface area contributed by atoms with Crippen LogP contribution in [0.3, 0.4) is 0 Å². The van der Waals surface area contributed by atoms with Gasteiger partial charge >= 0.3 is 0 Å². The predicted molar refractivity (Wildman–Crippen MR) is 231 cm³/mol. The molecular weight excluding hydrogens is 681 g/mol. The van der Waals surface area contributed by atoms with E-state index in [0.29, 0.717) is 5.89 Å². The Labute approximate surface area is 327 Å². The van der Waals surface area contributed by atoms with Crippen LogP contribution in [0.15, 0.2) is 217 Å². The van der Waals surface area contributed by atoms with E-state index in [1.807, 2.05) is 18.2 Å². The molecule has 1 atom stereocenters. The molecule has 3 heteroatoms. The van der Waals surface area contributed by atoms with Gasteiger partial charge in [-0.05, 0) is 87.8 Å². The van der Waals surface area contributed by atoms with Crippen molar-refractivity contribution in [3.63, 3.8) is 0 Å². The largest absolute Gasteiger partial charge is 0.436 e. The minimum atomic E-state index is 0.271. The Morgan fingerprint density at radius 3 is 1.59 bits per heavy atom. The van der Waals surface area contributed by atoms with Crippen molar-refractivity contribution in [2.24, 2.45) is 5.92 Å². The molecule has 0 radical (unpaired) electrons. The van der Waals surface area contributed by atoms with Crippen molar-refractivity contribution in [3.05, 3.63) is 229 Å². The summed E-state index contributed by atoms with van der Waals surface area (Å²) < 4.78 is 6.57. The van der Waals surface area contributed by atoms with Crippen molar-refractivity contribution >= 4 is 28.2 Å². The summed E-state index contributed by atoms with van der Waals surface area (Å²) in [6.07, 6.45) is 9.58. The Balaban J connectivity index is 1.01. The van der Waals surface area contributed by atoms with Crippen molar-refractivity contribution in [2.75, 3.05) is 4.90 Å². The van der Waals surface area contributed by atoms with Gasteiger partial charge in [0.2, 0.25) is 5.89 Å². The van der Waals surface area contributed by atoms with Crippen LogP contribution in [-0.4, -0.2) is 4.98 Å². The standard InChI is InChI=1S/C53H38N2O/c1-4-14-37(15-5-1)39-28-32-45(33-29-39)55(50-23-13-12-21-47(50)41-16-6-2-7-17-41)46-34-30-40(31-35-46)38-24-26-42(27-25-38)49-36-44-20-10-11-22-48(44)51-52(49)56-53(54-51)43-18-8-3-9-19-43/h1-35,44H,36H2. The molecule has 7 aromatic carbocycles. The summed E-state index contributed by atoms with van der Waals surface area (Å²) in [6, 6.07) is 66.8. The second-order valence-electron chi connectivity index (χ2n) is 14.3. The molecular formula is C53H38N2O. The first-order chi connectivity index (χ1) is 27.8. The highest BCUT2D eigenvalue weighted by Crippen LogP contribution is 2.42. The number of benzene rings is 7. The molecule has 3 nitrogen and oxygen atoms in total. The SMILES string of the molecule is C1=CC2=c3nc(-c4ccccc4)oc3=C(c3ccc(-c4ccc(N(c5ccc(-c6ccccc6)cc5)c5ccccc5-c5ccccc5)cc4)cc3)CC2C=C1. The Hall–Kier alpha value is -7.23. The van der Waals surface area contributed by atoms with Crippen LogP contribution in [0.1, 0.15) is 12.0 Å². The zero-order chi connectivity index (χ0) is 37.3. The van der Waals surface area contributed by atoms with E-state index in [1.54, 1.807) is 0 Å². The first kappa shape index (κ1) is 33.3. The molecule has 0 spiro atoms. The number of hydrogen-bond acceptors (Lipinski definition) is 3. The molecule has 266 valence electrons. The number of para-hydroxylation sites is 1. The van der Waals surface area contributed by atoms with Crippen LogP contribution in [0, 0.1) is 5.92 Å². The normalized spacial score (nSPS) is 14.3. The average molecular weight is 719 g/mol. The van der Waals surface area contributed by atoms with E-state index >= 15 is 0 Å². The number of hydrogen-bond donors (Lipinski definition) is 0. The third-order valence-corrected chi connectivity index (χ3v) is 10.9. The number of oxazole rings is 1. The zero-order valence-electron chi connectivity index (χ0n) is 30.8. The maximum absolute atomic E-state index is 6.57. The minimum Gasteiger partial charge on any atom is -0.436 e. The molecule has 0 N–H and O–H groups in total. The fraction of sp³-hybridized carbons (Fsp3) is 0.0377.